The Morgan fingerprint density at radius 3 is 2.95 bits per heavy atom. The molecule has 0 saturated carbocycles. The van der Waals surface area contributed by atoms with Crippen molar-refractivity contribution in [2.24, 2.45) is 5.73 Å². The second-order valence-electron chi connectivity index (χ2n) is 4.37. The van der Waals surface area contributed by atoms with Crippen molar-refractivity contribution in [2.75, 3.05) is 13.6 Å². The second kappa shape index (κ2) is 5.62. The SMILES string of the molecule is CC(CN)N(C)C(=O)c1ccnc(-n2ccnc2)c1. The summed E-state index contributed by atoms with van der Waals surface area (Å²) < 4.78 is 1.75. The largest absolute Gasteiger partial charge is 0.338 e. The molecule has 0 saturated heterocycles. The van der Waals surface area contributed by atoms with E-state index in [9.17, 15) is 4.79 Å². The molecule has 0 aliphatic rings. The first-order chi connectivity index (χ1) is 9.13. The van der Waals surface area contributed by atoms with Crippen molar-refractivity contribution >= 4 is 5.91 Å². The Labute approximate surface area is 111 Å². The van der Waals surface area contributed by atoms with E-state index in [1.54, 1.807) is 53.6 Å². The predicted molar refractivity (Wildman–Crippen MR) is 72.0 cm³/mol. The summed E-state index contributed by atoms with van der Waals surface area (Å²) in [4.78, 5) is 22.1. The van der Waals surface area contributed by atoms with E-state index in [4.69, 9.17) is 5.73 Å². The van der Waals surface area contributed by atoms with E-state index in [-0.39, 0.29) is 11.9 Å². The van der Waals surface area contributed by atoms with Crippen LogP contribution in [0.5, 0.6) is 0 Å². The highest BCUT2D eigenvalue weighted by atomic mass is 16.2. The highest BCUT2D eigenvalue weighted by molar-refractivity contribution is 5.94. The lowest BCUT2D eigenvalue weighted by Crippen LogP contribution is -2.39. The van der Waals surface area contributed by atoms with Gasteiger partial charge in [0.2, 0.25) is 0 Å². The minimum absolute atomic E-state index is 0.00244. The number of pyridine rings is 1. The molecule has 0 aromatic carbocycles. The van der Waals surface area contributed by atoms with Crippen molar-refractivity contribution in [3.63, 3.8) is 0 Å². The van der Waals surface area contributed by atoms with Crippen LogP contribution in [0.3, 0.4) is 0 Å². The monoisotopic (exact) mass is 259 g/mol. The molecule has 1 amide bonds. The van der Waals surface area contributed by atoms with Crippen molar-refractivity contribution < 1.29 is 4.79 Å². The number of hydrogen-bond donors (Lipinski definition) is 1. The summed E-state index contributed by atoms with van der Waals surface area (Å²) in [6, 6.07) is 3.43. The fourth-order valence-corrected chi connectivity index (χ4v) is 1.65. The van der Waals surface area contributed by atoms with Gasteiger partial charge in [0, 0.05) is 43.8 Å². The second-order valence-corrected chi connectivity index (χ2v) is 4.37. The lowest BCUT2D eigenvalue weighted by molar-refractivity contribution is 0.0748. The van der Waals surface area contributed by atoms with Crippen molar-refractivity contribution in [1.29, 1.82) is 0 Å². The average Bonchev–Trinajstić information content (AvgIpc) is 2.99. The van der Waals surface area contributed by atoms with Gasteiger partial charge in [-0.05, 0) is 19.1 Å². The molecule has 2 N–H and O–H groups in total. The van der Waals surface area contributed by atoms with Crippen LogP contribution in [0.2, 0.25) is 0 Å². The molecule has 100 valence electrons. The summed E-state index contributed by atoms with van der Waals surface area (Å²) in [7, 11) is 1.75. The molecule has 2 aromatic rings. The van der Waals surface area contributed by atoms with Gasteiger partial charge in [-0.25, -0.2) is 9.97 Å². The molecule has 0 radical (unpaired) electrons. The van der Waals surface area contributed by atoms with Crippen LogP contribution in [0.1, 0.15) is 17.3 Å². The van der Waals surface area contributed by atoms with E-state index >= 15 is 0 Å². The zero-order valence-corrected chi connectivity index (χ0v) is 11.0. The zero-order chi connectivity index (χ0) is 13.8. The van der Waals surface area contributed by atoms with Gasteiger partial charge in [-0.3, -0.25) is 9.36 Å². The predicted octanol–water partition coefficient (Wildman–Crippen LogP) is 0.686. The maximum absolute atomic E-state index is 12.3. The molecule has 2 rings (SSSR count). The van der Waals surface area contributed by atoms with Gasteiger partial charge in [-0.1, -0.05) is 0 Å². The Morgan fingerprint density at radius 2 is 2.32 bits per heavy atom. The summed E-state index contributed by atoms with van der Waals surface area (Å²) >= 11 is 0. The van der Waals surface area contributed by atoms with Crippen molar-refractivity contribution in [1.82, 2.24) is 19.4 Å². The van der Waals surface area contributed by atoms with Crippen LogP contribution < -0.4 is 5.73 Å². The Bertz CT molecular complexity index is 552. The number of nitrogens with zero attached hydrogens (tertiary/aromatic N) is 4. The zero-order valence-electron chi connectivity index (χ0n) is 11.0. The standard InChI is InChI=1S/C13H17N5O/c1-10(8-14)17(2)13(19)11-3-4-16-12(7-11)18-6-5-15-9-18/h3-7,9-10H,8,14H2,1-2H3. The first kappa shape index (κ1) is 13.2. The number of hydrogen-bond acceptors (Lipinski definition) is 4. The lowest BCUT2D eigenvalue weighted by Gasteiger charge is -2.23. The molecule has 6 nitrogen and oxygen atoms in total. The Morgan fingerprint density at radius 1 is 1.53 bits per heavy atom. The third-order valence-electron chi connectivity index (χ3n) is 3.08. The third kappa shape index (κ3) is 2.79. The van der Waals surface area contributed by atoms with Gasteiger partial charge in [0.05, 0.1) is 0 Å². The molecule has 2 heterocycles. The molecule has 0 spiro atoms. The number of likely N-dealkylation sites (N-methyl/N-ethyl adjacent to an activating group) is 1. The summed E-state index contributed by atoms with van der Waals surface area (Å²) in [5.41, 5.74) is 6.16. The van der Waals surface area contributed by atoms with E-state index in [1.165, 1.54) is 0 Å². The number of carbonyl (C=O) groups is 1. The van der Waals surface area contributed by atoms with Gasteiger partial charge in [0.15, 0.2) is 0 Å². The van der Waals surface area contributed by atoms with Crippen LogP contribution >= 0.6 is 0 Å². The Balaban J connectivity index is 2.26. The number of rotatable bonds is 4. The topological polar surface area (TPSA) is 77.0 Å². The molecule has 2 aromatic heterocycles. The molecule has 0 aliphatic carbocycles. The highest BCUT2D eigenvalue weighted by Crippen LogP contribution is 2.10. The molecule has 6 heteroatoms. The average molecular weight is 259 g/mol. The Hall–Kier alpha value is -2.21. The van der Waals surface area contributed by atoms with E-state index < -0.39 is 0 Å². The smallest absolute Gasteiger partial charge is 0.254 e. The van der Waals surface area contributed by atoms with Gasteiger partial charge in [0.1, 0.15) is 12.1 Å². The molecule has 19 heavy (non-hydrogen) atoms. The fourth-order valence-electron chi connectivity index (χ4n) is 1.65. The number of nitrogens with two attached hydrogens (primary N) is 1. The minimum atomic E-state index is -0.0679. The summed E-state index contributed by atoms with van der Waals surface area (Å²) in [6.45, 7) is 2.34. The van der Waals surface area contributed by atoms with E-state index in [0.717, 1.165) is 0 Å². The van der Waals surface area contributed by atoms with E-state index in [1.807, 2.05) is 6.92 Å². The maximum atomic E-state index is 12.3. The summed E-state index contributed by atoms with van der Waals surface area (Å²) in [6.07, 6.45) is 6.70. The van der Waals surface area contributed by atoms with E-state index in [2.05, 4.69) is 9.97 Å². The molecule has 0 bridgehead atoms. The van der Waals surface area contributed by atoms with Gasteiger partial charge in [0.25, 0.3) is 5.91 Å². The van der Waals surface area contributed by atoms with Gasteiger partial charge >= 0.3 is 0 Å². The van der Waals surface area contributed by atoms with Crippen molar-refractivity contribution in [3.8, 4) is 5.82 Å². The molecular formula is C13H17N5O. The van der Waals surface area contributed by atoms with Crippen LogP contribution in [0, 0.1) is 0 Å². The Kier molecular flexibility index (Phi) is 3.91. The lowest BCUT2D eigenvalue weighted by atomic mass is 10.2. The first-order valence-electron chi connectivity index (χ1n) is 6.05. The van der Waals surface area contributed by atoms with Gasteiger partial charge in [-0.2, -0.15) is 0 Å². The van der Waals surface area contributed by atoms with Crippen LogP contribution in [-0.2, 0) is 0 Å². The number of carbonyl (C=O) groups excluding carboxylic acids is 1. The van der Waals surface area contributed by atoms with Crippen LogP contribution in [-0.4, -0.2) is 45.0 Å². The molecular weight excluding hydrogens is 242 g/mol. The van der Waals surface area contributed by atoms with Crippen molar-refractivity contribution in [3.05, 3.63) is 42.6 Å². The molecule has 1 unspecified atom stereocenters. The summed E-state index contributed by atoms with van der Waals surface area (Å²) in [5.74, 6) is 0.596. The maximum Gasteiger partial charge on any atom is 0.254 e. The van der Waals surface area contributed by atoms with Gasteiger partial charge < -0.3 is 10.6 Å². The van der Waals surface area contributed by atoms with Crippen molar-refractivity contribution in [2.45, 2.75) is 13.0 Å². The fraction of sp³-hybridized carbons (Fsp3) is 0.308. The first-order valence-corrected chi connectivity index (χ1v) is 6.05. The quantitative estimate of drug-likeness (QED) is 0.876. The number of aromatic nitrogens is 3. The number of imidazole rings is 1. The normalized spacial score (nSPS) is 12.2. The van der Waals surface area contributed by atoms with Crippen LogP contribution in [0.4, 0.5) is 0 Å². The molecule has 1 atom stereocenters. The van der Waals surface area contributed by atoms with E-state index in [0.29, 0.717) is 17.9 Å². The van der Waals surface area contributed by atoms with Crippen LogP contribution in [0.25, 0.3) is 5.82 Å². The number of amides is 1. The molecule has 0 fully saturated rings. The molecule has 0 aliphatic heterocycles. The third-order valence-corrected chi connectivity index (χ3v) is 3.08. The van der Waals surface area contributed by atoms with Crippen LogP contribution in [0.15, 0.2) is 37.1 Å². The highest BCUT2D eigenvalue weighted by Gasteiger charge is 2.16. The summed E-state index contributed by atoms with van der Waals surface area (Å²) in [5, 5.41) is 0. The minimum Gasteiger partial charge on any atom is -0.338 e. The van der Waals surface area contributed by atoms with Gasteiger partial charge in [-0.15, -0.1) is 0 Å².